The number of benzene rings is 1. The largest absolute Gasteiger partial charge is 0.478 e. The number of pyridine rings is 1. The van der Waals surface area contributed by atoms with Crippen molar-refractivity contribution < 1.29 is 14.6 Å². The van der Waals surface area contributed by atoms with E-state index in [2.05, 4.69) is 20.9 Å². The fraction of sp³-hybridized carbons (Fsp3) is 0.0769. The van der Waals surface area contributed by atoms with E-state index in [0.29, 0.717) is 5.88 Å². The van der Waals surface area contributed by atoms with Gasteiger partial charge in [-0.1, -0.05) is 22.0 Å². The van der Waals surface area contributed by atoms with Crippen LogP contribution >= 0.6 is 15.9 Å². The average Bonchev–Trinajstić information content (AvgIpc) is 2.32. The molecule has 0 aliphatic rings. The van der Waals surface area contributed by atoms with Gasteiger partial charge in [-0.3, -0.25) is 0 Å². The van der Waals surface area contributed by atoms with Crippen LogP contribution in [-0.4, -0.2) is 16.1 Å². The molecule has 0 aliphatic carbocycles. The van der Waals surface area contributed by atoms with Crippen LogP contribution < -0.4 is 4.74 Å². The number of halogens is 1. The SMILES string of the molecule is Cc1cccnc1Oc1cc(Br)ccc1C(=O)O. The second-order valence-corrected chi connectivity index (χ2v) is 4.59. The number of ether oxygens (including phenoxy) is 1. The molecule has 5 heteroatoms. The molecule has 4 nitrogen and oxygen atoms in total. The van der Waals surface area contributed by atoms with Gasteiger partial charge in [0.25, 0.3) is 0 Å². The number of nitrogens with zero attached hydrogens (tertiary/aromatic N) is 1. The second-order valence-electron chi connectivity index (χ2n) is 3.67. The zero-order valence-corrected chi connectivity index (χ0v) is 11.1. The van der Waals surface area contributed by atoms with Crippen molar-refractivity contribution in [2.45, 2.75) is 6.92 Å². The highest BCUT2D eigenvalue weighted by molar-refractivity contribution is 9.10. The number of carbonyl (C=O) groups is 1. The summed E-state index contributed by atoms with van der Waals surface area (Å²) in [6.45, 7) is 1.85. The predicted octanol–water partition coefficient (Wildman–Crippen LogP) is 3.64. The Kier molecular flexibility index (Phi) is 3.62. The Morgan fingerprint density at radius 1 is 1.39 bits per heavy atom. The molecule has 18 heavy (non-hydrogen) atoms. The van der Waals surface area contributed by atoms with E-state index in [4.69, 9.17) is 9.84 Å². The third kappa shape index (κ3) is 2.68. The lowest BCUT2D eigenvalue weighted by molar-refractivity contribution is 0.0694. The van der Waals surface area contributed by atoms with Gasteiger partial charge in [0.15, 0.2) is 0 Å². The van der Waals surface area contributed by atoms with E-state index in [0.717, 1.165) is 10.0 Å². The van der Waals surface area contributed by atoms with Crippen LogP contribution in [0.4, 0.5) is 0 Å². The number of hydrogen-bond donors (Lipinski definition) is 1. The van der Waals surface area contributed by atoms with Crippen molar-refractivity contribution in [1.29, 1.82) is 0 Å². The lowest BCUT2D eigenvalue weighted by Gasteiger charge is -2.09. The maximum atomic E-state index is 11.1. The molecule has 1 aromatic carbocycles. The lowest BCUT2D eigenvalue weighted by atomic mass is 10.2. The molecule has 1 aromatic heterocycles. The Labute approximate surface area is 112 Å². The number of rotatable bonds is 3. The van der Waals surface area contributed by atoms with E-state index in [1.165, 1.54) is 6.07 Å². The van der Waals surface area contributed by atoms with Crippen LogP contribution in [0.5, 0.6) is 11.6 Å². The summed E-state index contributed by atoms with van der Waals surface area (Å²) < 4.78 is 6.31. The van der Waals surface area contributed by atoms with Gasteiger partial charge in [0.05, 0.1) is 0 Å². The van der Waals surface area contributed by atoms with Crippen molar-refractivity contribution in [1.82, 2.24) is 4.98 Å². The molecule has 0 bridgehead atoms. The Morgan fingerprint density at radius 2 is 2.17 bits per heavy atom. The van der Waals surface area contributed by atoms with Crippen molar-refractivity contribution in [3.8, 4) is 11.6 Å². The molecule has 0 fully saturated rings. The van der Waals surface area contributed by atoms with Crippen LogP contribution in [0.3, 0.4) is 0 Å². The fourth-order valence-electron chi connectivity index (χ4n) is 1.44. The Bertz CT molecular complexity index is 599. The summed E-state index contributed by atoms with van der Waals surface area (Å²) in [6, 6.07) is 8.39. The van der Waals surface area contributed by atoms with E-state index in [9.17, 15) is 4.79 Å². The number of carboxylic acid groups (broad SMARTS) is 1. The first-order valence-electron chi connectivity index (χ1n) is 5.20. The van der Waals surface area contributed by atoms with Gasteiger partial charge in [0, 0.05) is 16.2 Å². The van der Waals surface area contributed by atoms with E-state index in [1.54, 1.807) is 24.4 Å². The Balaban J connectivity index is 2.42. The fourth-order valence-corrected chi connectivity index (χ4v) is 1.78. The van der Waals surface area contributed by atoms with Crippen LogP contribution in [0.1, 0.15) is 15.9 Å². The molecule has 0 amide bonds. The molecule has 0 saturated heterocycles. The summed E-state index contributed by atoms with van der Waals surface area (Å²) >= 11 is 3.28. The van der Waals surface area contributed by atoms with E-state index in [1.807, 2.05) is 13.0 Å². The first-order chi connectivity index (χ1) is 8.58. The van der Waals surface area contributed by atoms with Crippen LogP contribution in [0.25, 0.3) is 0 Å². The van der Waals surface area contributed by atoms with E-state index >= 15 is 0 Å². The normalized spacial score (nSPS) is 10.1. The van der Waals surface area contributed by atoms with Crippen molar-refractivity contribution in [3.63, 3.8) is 0 Å². The lowest BCUT2D eigenvalue weighted by Crippen LogP contribution is -2.01. The van der Waals surface area contributed by atoms with Crippen LogP contribution in [0.2, 0.25) is 0 Å². The van der Waals surface area contributed by atoms with Gasteiger partial charge in [0.1, 0.15) is 11.3 Å². The number of aromatic nitrogens is 1. The molecule has 2 aromatic rings. The molecule has 0 aliphatic heterocycles. The maximum Gasteiger partial charge on any atom is 0.339 e. The van der Waals surface area contributed by atoms with Crippen LogP contribution in [0, 0.1) is 6.92 Å². The van der Waals surface area contributed by atoms with Crippen molar-refractivity contribution in [2.75, 3.05) is 0 Å². The molecule has 0 saturated carbocycles. The van der Waals surface area contributed by atoms with Gasteiger partial charge < -0.3 is 9.84 Å². The van der Waals surface area contributed by atoms with Crippen molar-refractivity contribution >= 4 is 21.9 Å². The molecule has 1 heterocycles. The third-order valence-corrected chi connectivity index (χ3v) is 2.84. The van der Waals surface area contributed by atoms with Crippen molar-refractivity contribution in [2.24, 2.45) is 0 Å². The topological polar surface area (TPSA) is 59.4 Å². The maximum absolute atomic E-state index is 11.1. The van der Waals surface area contributed by atoms with Gasteiger partial charge >= 0.3 is 5.97 Å². The monoisotopic (exact) mass is 307 g/mol. The summed E-state index contributed by atoms with van der Waals surface area (Å²) in [5, 5.41) is 9.09. The van der Waals surface area contributed by atoms with Gasteiger partial charge in [-0.25, -0.2) is 9.78 Å². The van der Waals surface area contributed by atoms with Gasteiger partial charge in [-0.05, 0) is 31.2 Å². The number of carboxylic acids is 1. The molecular weight excluding hydrogens is 298 g/mol. The van der Waals surface area contributed by atoms with Crippen LogP contribution in [-0.2, 0) is 0 Å². The van der Waals surface area contributed by atoms with Gasteiger partial charge in [-0.2, -0.15) is 0 Å². The summed E-state index contributed by atoms with van der Waals surface area (Å²) in [6.07, 6.45) is 1.60. The highest BCUT2D eigenvalue weighted by Gasteiger charge is 2.13. The molecule has 1 N–H and O–H groups in total. The first kappa shape index (κ1) is 12.6. The summed E-state index contributed by atoms with van der Waals surface area (Å²) in [5.74, 6) is -0.372. The van der Waals surface area contributed by atoms with Gasteiger partial charge in [-0.15, -0.1) is 0 Å². The second kappa shape index (κ2) is 5.18. The number of hydrogen-bond acceptors (Lipinski definition) is 3. The molecular formula is C13H10BrNO3. The smallest absolute Gasteiger partial charge is 0.339 e. The molecule has 0 unspecified atom stereocenters. The highest BCUT2D eigenvalue weighted by Crippen LogP contribution is 2.29. The third-order valence-electron chi connectivity index (χ3n) is 2.34. The quantitative estimate of drug-likeness (QED) is 0.940. The number of aryl methyl sites for hydroxylation is 1. The Morgan fingerprint density at radius 3 is 2.83 bits per heavy atom. The highest BCUT2D eigenvalue weighted by atomic mass is 79.9. The summed E-state index contributed by atoms with van der Waals surface area (Å²) in [5.41, 5.74) is 0.942. The van der Waals surface area contributed by atoms with E-state index < -0.39 is 5.97 Å². The molecule has 2 rings (SSSR count). The molecule has 92 valence electrons. The van der Waals surface area contributed by atoms with Crippen LogP contribution in [0.15, 0.2) is 41.0 Å². The van der Waals surface area contributed by atoms with Gasteiger partial charge in [0.2, 0.25) is 5.88 Å². The Hall–Kier alpha value is -1.88. The minimum Gasteiger partial charge on any atom is -0.478 e. The summed E-state index contributed by atoms with van der Waals surface area (Å²) in [4.78, 5) is 15.2. The minimum atomic E-state index is -1.04. The predicted molar refractivity (Wildman–Crippen MR) is 70.1 cm³/mol. The zero-order chi connectivity index (χ0) is 13.1. The minimum absolute atomic E-state index is 0.100. The average molecular weight is 308 g/mol. The standard InChI is InChI=1S/C13H10BrNO3/c1-8-3-2-6-15-12(8)18-11-7-9(14)4-5-10(11)13(16)17/h2-7H,1H3,(H,16,17). The number of aromatic carboxylic acids is 1. The first-order valence-corrected chi connectivity index (χ1v) is 5.99. The molecule has 0 radical (unpaired) electrons. The van der Waals surface area contributed by atoms with Crippen molar-refractivity contribution in [3.05, 3.63) is 52.1 Å². The zero-order valence-electron chi connectivity index (χ0n) is 9.55. The van der Waals surface area contributed by atoms with E-state index in [-0.39, 0.29) is 11.3 Å². The summed E-state index contributed by atoms with van der Waals surface area (Å²) in [7, 11) is 0. The molecule has 0 atom stereocenters. The molecule has 0 spiro atoms.